The minimum absolute atomic E-state index is 0.273. The first-order valence-electron chi connectivity index (χ1n) is 4.03. The van der Waals surface area contributed by atoms with Gasteiger partial charge in [0, 0.05) is 0 Å². The zero-order valence-electron chi connectivity index (χ0n) is 7.90. The largest absolute Gasteiger partial charge is 0.484 e. The molecule has 0 amide bonds. The van der Waals surface area contributed by atoms with E-state index in [1.165, 1.54) is 6.07 Å². The molecule has 13 heavy (non-hydrogen) atoms. The van der Waals surface area contributed by atoms with Crippen LogP contribution < -0.4 is 4.74 Å². The first kappa shape index (κ1) is 10.5. The Morgan fingerprint density at radius 2 is 1.92 bits per heavy atom. The van der Waals surface area contributed by atoms with Gasteiger partial charge in [-0.25, -0.2) is 4.39 Å². The number of hydrogen-bond acceptors (Lipinski definition) is 1. The predicted molar refractivity (Wildman–Crippen MR) is 54.5 cm³/mol. The number of rotatable bonds is 1. The van der Waals surface area contributed by atoms with Crippen molar-refractivity contribution in [2.24, 2.45) is 0 Å². The fraction of sp³-hybridized carbons (Fsp3) is 0.400. The lowest BCUT2D eigenvalue weighted by atomic mass is 10.2. The molecule has 0 unspecified atom stereocenters. The van der Waals surface area contributed by atoms with Crippen LogP contribution in [-0.2, 0) is 0 Å². The van der Waals surface area contributed by atoms with Gasteiger partial charge in [-0.3, -0.25) is 0 Å². The molecule has 0 fully saturated rings. The Morgan fingerprint density at radius 1 is 1.31 bits per heavy atom. The lowest BCUT2D eigenvalue weighted by Crippen LogP contribution is -2.23. The van der Waals surface area contributed by atoms with Crippen molar-refractivity contribution >= 4 is 15.9 Å². The molecule has 0 aliphatic rings. The summed E-state index contributed by atoms with van der Waals surface area (Å²) in [6, 6.07) is 4.77. The highest BCUT2D eigenvalue weighted by atomic mass is 79.9. The molecule has 0 aliphatic carbocycles. The molecule has 1 nitrogen and oxygen atoms in total. The van der Waals surface area contributed by atoms with Crippen molar-refractivity contribution in [2.75, 3.05) is 0 Å². The van der Waals surface area contributed by atoms with Crippen molar-refractivity contribution in [1.29, 1.82) is 0 Å². The van der Waals surface area contributed by atoms with Gasteiger partial charge in [0.05, 0.1) is 4.47 Å². The van der Waals surface area contributed by atoms with Crippen molar-refractivity contribution in [2.45, 2.75) is 26.4 Å². The molecule has 0 aliphatic heterocycles. The highest BCUT2D eigenvalue weighted by molar-refractivity contribution is 9.10. The molecule has 0 saturated heterocycles. The van der Waals surface area contributed by atoms with E-state index in [1.54, 1.807) is 12.1 Å². The number of hydrogen-bond donors (Lipinski definition) is 0. The van der Waals surface area contributed by atoms with Crippen LogP contribution >= 0.6 is 15.9 Å². The van der Waals surface area contributed by atoms with E-state index in [2.05, 4.69) is 15.9 Å². The van der Waals surface area contributed by atoms with E-state index in [-0.39, 0.29) is 17.2 Å². The third kappa shape index (κ3) is 2.99. The Hall–Kier alpha value is -0.570. The summed E-state index contributed by atoms with van der Waals surface area (Å²) in [5, 5.41) is 0. The standard InChI is InChI=1S/C10H12BrFO/c1-10(2,3)13-9-7(11)5-4-6-8(9)12/h4-6H,1-3H3. The molecule has 0 saturated carbocycles. The zero-order chi connectivity index (χ0) is 10.1. The molecule has 0 N–H and O–H groups in total. The van der Waals surface area contributed by atoms with E-state index in [4.69, 9.17) is 4.74 Å². The van der Waals surface area contributed by atoms with Gasteiger partial charge in [0.2, 0.25) is 0 Å². The molecular formula is C10H12BrFO. The van der Waals surface area contributed by atoms with Crippen LogP contribution in [0.2, 0.25) is 0 Å². The average molecular weight is 247 g/mol. The number of halogens is 2. The number of ether oxygens (including phenoxy) is 1. The Balaban J connectivity index is 3.00. The van der Waals surface area contributed by atoms with E-state index in [0.717, 1.165) is 0 Å². The summed E-state index contributed by atoms with van der Waals surface area (Å²) in [5.74, 6) is -0.0701. The summed E-state index contributed by atoms with van der Waals surface area (Å²) in [7, 11) is 0. The normalized spacial score (nSPS) is 11.5. The lowest BCUT2D eigenvalue weighted by Gasteiger charge is -2.22. The van der Waals surface area contributed by atoms with Gasteiger partial charge in [-0.2, -0.15) is 0 Å². The summed E-state index contributed by atoms with van der Waals surface area (Å²) in [5.41, 5.74) is -0.384. The van der Waals surface area contributed by atoms with Crippen molar-refractivity contribution in [1.82, 2.24) is 0 Å². The number of benzene rings is 1. The fourth-order valence-corrected chi connectivity index (χ4v) is 1.31. The topological polar surface area (TPSA) is 9.23 Å². The van der Waals surface area contributed by atoms with E-state index in [1.807, 2.05) is 20.8 Å². The molecule has 1 aromatic rings. The minimum atomic E-state index is -0.384. The summed E-state index contributed by atoms with van der Waals surface area (Å²) in [6.45, 7) is 5.64. The molecule has 0 aromatic heterocycles. The summed E-state index contributed by atoms with van der Waals surface area (Å²) >= 11 is 3.23. The Morgan fingerprint density at radius 3 is 2.38 bits per heavy atom. The molecule has 0 radical (unpaired) electrons. The molecule has 0 spiro atoms. The van der Waals surface area contributed by atoms with Gasteiger partial charge < -0.3 is 4.74 Å². The predicted octanol–water partition coefficient (Wildman–Crippen LogP) is 3.77. The minimum Gasteiger partial charge on any atom is -0.484 e. The maximum Gasteiger partial charge on any atom is 0.169 e. The first-order valence-corrected chi connectivity index (χ1v) is 4.82. The highest BCUT2D eigenvalue weighted by Gasteiger charge is 2.16. The van der Waals surface area contributed by atoms with E-state index in [0.29, 0.717) is 4.47 Å². The summed E-state index contributed by atoms with van der Waals surface area (Å²) in [4.78, 5) is 0. The summed E-state index contributed by atoms with van der Waals surface area (Å²) in [6.07, 6.45) is 0. The fourth-order valence-electron chi connectivity index (χ4n) is 0.886. The Kier molecular flexibility index (Phi) is 2.96. The smallest absolute Gasteiger partial charge is 0.169 e. The van der Waals surface area contributed by atoms with Crippen LogP contribution in [0.5, 0.6) is 5.75 Å². The van der Waals surface area contributed by atoms with Gasteiger partial charge in [0.25, 0.3) is 0 Å². The van der Waals surface area contributed by atoms with Crippen LogP contribution in [0.1, 0.15) is 20.8 Å². The lowest BCUT2D eigenvalue weighted by molar-refractivity contribution is 0.123. The van der Waals surface area contributed by atoms with Crippen molar-refractivity contribution in [3.05, 3.63) is 28.5 Å². The molecule has 1 aromatic carbocycles. The first-order chi connectivity index (χ1) is 5.90. The van der Waals surface area contributed by atoms with E-state index < -0.39 is 0 Å². The van der Waals surface area contributed by atoms with Gasteiger partial charge in [0.15, 0.2) is 11.6 Å². The van der Waals surface area contributed by atoms with Crippen molar-refractivity contribution in [3.63, 3.8) is 0 Å². The molecule has 0 atom stereocenters. The molecular weight excluding hydrogens is 235 g/mol. The van der Waals surface area contributed by atoms with E-state index in [9.17, 15) is 4.39 Å². The maximum atomic E-state index is 13.2. The molecule has 72 valence electrons. The van der Waals surface area contributed by atoms with Crippen LogP contribution in [0.25, 0.3) is 0 Å². The highest BCUT2D eigenvalue weighted by Crippen LogP contribution is 2.30. The van der Waals surface area contributed by atoms with Gasteiger partial charge in [-0.15, -0.1) is 0 Å². The van der Waals surface area contributed by atoms with Gasteiger partial charge in [-0.1, -0.05) is 6.07 Å². The average Bonchev–Trinajstić information content (AvgIpc) is 1.95. The third-order valence-electron chi connectivity index (χ3n) is 1.33. The second-order valence-electron chi connectivity index (χ2n) is 3.77. The monoisotopic (exact) mass is 246 g/mol. The molecule has 0 heterocycles. The van der Waals surface area contributed by atoms with Crippen LogP contribution in [0.3, 0.4) is 0 Å². The molecule has 1 rings (SSSR count). The molecule has 3 heteroatoms. The summed E-state index contributed by atoms with van der Waals surface area (Å²) < 4.78 is 19.3. The van der Waals surface area contributed by atoms with E-state index >= 15 is 0 Å². The number of para-hydroxylation sites is 1. The third-order valence-corrected chi connectivity index (χ3v) is 1.95. The Bertz CT molecular complexity index is 284. The van der Waals surface area contributed by atoms with Crippen LogP contribution in [0, 0.1) is 5.82 Å². The van der Waals surface area contributed by atoms with Gasteiger partial charge in [0.1, 0.15) is 5.60 Å². The van der Waals surface area contributed by atoms with Crippen molar-refractivity contribution < 1.29 is 9.13 Å². The quantitative estimate of drug-likeness (QED) is 0.734. The van der Waals surface area contributed by atoms with Crippen LogP contribution in [0.15, 0.2) is 22.7 Å². The second-order valence-corrected chi connectivity index (χ2v) is 4.62. The maximum absolute atomic E-state index is 13.2. The van der Waals surface area contributed by atoms with Crippen LogP contribution in [-0.4, -0.2) is 5.60 Å². The van der Waals surface area contributed by atoms with Crippen LogP contribution in [0.4, 0.5) is 4.39 Å². The SMILES string of the molecule is CC(C)(C)Oc1c(F)cccc1Br. The second kappa shape index (κ2) is 3.66. The van der Waals surface area contributed by atoms with Crippen molar-refractivity contribution in [3.8, 4) is 5.75 Å². The molecule has 0 bridgehead atoms. The zero-order valence-corrected chi connectivity index (χ0v) is 9.48. The van der Waals surface area contributed by atoms with Gasteiger partial charge in [-0.05, 0) is 48.8 Å². The van der Waals surface area contributed by atoms with Gasteiger partial charge >= 0.3 is 0 Å². The Labute approximate surface area is 86.0 Å².